The zero-order chi connectivity index (χ0) is 18.7. The van der Waals surface area contributed by atoms with E-state index in [-0.39, 0.29) is 17.0 Å². The van der Waals surface area contributed by atoms with Gasteiger partial charge in [-0.1, -0.05) is 19.8 Å². The number of unbranched alkanes of at least 4 members (excludes halogenated alkanes) is 2. The Hall–Kier alpha value is -2.28. The molecule has 1 aliphatic carbocycles. The molecule has 0 aliphatic heterocycles. The van der Waals surface area contributed by atoms with E-state index in [0.29, 0.717) is 31.2 Å². The van der Waals surface area contributed by atoms with Crippen molar-refractivity contribution in [2.45, 2.75) is 57.8 Å². The van der Waals surface area contributed by atoms with Crippen LogP contribution in [0.2, 0.25) is 0 Å². The van der Waals surface area contributed by atoms with E-state index < -0.39 is 17.5 Å². The Kier molecular flexibility index (Phi) is 5.66. The first kappa shape index (κ1) is 18.5. The first-order valence-corrected chi connectivity index (χ1v) is 9.22. The molecule has 0 saturated carbocycles. The third kappa shape index (κ3) is 3.77. The van der Waals surface area contributed by atoms with Gasteiger partial charge in [0.2, 0.25) is 0 Å². The maximum Gasteiger partial charge on any atom is 0.141 e. The third-order valence-corrected chi connectivity index (χ3v) is 5.25. The largest absolute Gasteiger partial charge is 0.207 e. The summed E-state index contributed by atoms with van der Waals surface area (Å²) in [4.78, 5) is 0. The molecule has 0 bridgehead atoms. The van der Waals surface area contributed by atoms with Gasteiger partial charge in [0.1, 0.15) is 23.5 Å². The molecule has 2 aromatic rings. The van der Waals surface area contributed by atoms with Gasteiger partial charge in [0.15, 0.2) is 0 Å². The number of halogens is 3. The Labute approximate surface area is 152 Å². The van der Waals surface area contributed by atoms with Crippen LogP contribution in [0.1, 0.15) is 66.3 Å². The quantitative estimate of drug-likeness (QED) is 0.604. The van der Waals surface area contributed by atoms with E-state index in [1.165, 1.54) is 18.2 Å². The second kappa shape index (κ2) is 7.95. The Morgan fingerprint density at radius 2 is 1.73 bits per heavy atom. The van der Waals surface area contributed by atoms with Crippen LogP contribution in [0.3, 0.4) is 0 Å². The molecule has 0 spiro atoms. The van der Waals surface area contributed by atoms with Gasteiger partial charge in [0.05, 0.1) is 5.56 Å². The predicted octanol–water partition coefficient (Wildman–Crippen LogP) is 5.98. The molecule has 0 aromatic heterocycles. The summed E-state index contributed by atoms with van der Waals surface area (Å²) in [6.07, 6.45) is 5.28. The van der Waals surface area contributed by atoms with E-state index in [1.807, 2.05) is 6.07 Å². The molecule has 1 aliphatic rings. The maximum atomic E-state index is 14.6. The van der Waals surface area contributed by atoms with E-state index in [9.17, 15) is 13.2 Å². The number of rotatable bonds is 5. The van der Waals surface area contributed by atoms with Crippen molar-refractivity contribution in [1.82, 2.24) is 0 Å². The van der Waals surface area contributed by atoms with Crippen molar-refractivity contribution in [1.29, 1.82) is 5.26 Å². The molecule has 136 valence electrons. The van der Waals surface area contributed by atoms with Crippen LogP contribution in [-0.2, 0) is 19.3 Å². The fraction of sp³-hybridized carbons (Fsp3) is 0.409. The first-order chi connectivity index (χ1) is 12.5. The summed E-state index contributed by atoms with van der Waals surface area (Å²) in [5.41, 5.74) is 2.47. The van der Waals surface area contributed by atoms with Gasteiger partial charge in [-0.25, -0.2) is 13.2 Å². The lowest BCUT2D eigenvalue weighted by molar-refractivity contribution is 0.487. The van der Waals surface area contributed by atoms with Crippen molar-refractivity contribution in [3.63, 3.8) is 0 Å². The highest BCUT2D eigenvalue weighted by molar-refractivity contribution is 5.42. The van der Waals surface area contributed by atoms with Crippen LogP contribution < -0.4 is 0 Å². The molecule has 1 nitrogen and oxygen atoms in total. The number of nitrogens with zero attached hydrogens (tertiary/aromatic N) is 1. The third-order valence-electron chi connectivity index (χ3n) is 5.25. The molecule has 1 atom stereocenters. The predicted molar refractivity (Wildman–Crippen MR) is 95.5 cm³/mol. The molecule has 0 heterocycles. The smallest absolute Gasteiger partial charge is 0.141 e. The minimum atomic E-state index is -0.570. The topological polar surface area (TPSA) is 23.8 Å². The van der Waals surface area contributed by atoms with Gasteiger partial charge in [-0.3, -0.25) is 0 Å². The molecule has 0 N–H and O–H groups in total. The Bertz CT molecular complexity index is 828. The van der Waals surface area contributed by atoms with E-state index >= 15 is 0 Å². The molecular weight excluding hydrogens is 335 g/mol. The van der Waals surface area contributed by atoms with E-state index in [2.05, 4.69) is 6.92 Å². The molecule has 4 heteroatoms. The standard InChI is InChI=1S/C22H22F3N/c1-2-3-4-5-14-8-20(24)22(21(25)9-14)16-7-6-15-10-18(13-26)19(23)12-17(15)11-16/h8-10,12,16H,2-7,11H2,1H3. The molecule has 0 saturated heterocycles. The van der Waals surface area contributed by atoms with Crippen molar-refractivity contribution in [3.8, 4) is 6.07 Å². The van der Waals surface area contributed by atoms with Crippen LogP contribution in [-0.4, -0.2) is 0 Å². The zero-order valence-corrected chi connectivity index (χ0v) is 14.9. The molecule has 2 aromatic carbocycles. The average Bonchev–Trinajstić information content (AvgIpc) is 2.60. The van der Waals surface area contributed by atoms with Crippen LogP contribution in [0, 0.1) is 28.8 Å². The fourth-order valence-electron chi connectivity index (χ4n) is 3.86. The minimum absolute atomic E-state index is 0.0241. The number of aryl methyl sites for hydroxylation is 2. The molecule has 26 heavy (non-hydrogen) atoms. The molecule has 1 unspecified atom stereocenters. The molecule has 0 amide bonds. The first-order valence-electron chi connectivity index (χ1n) is 9.22. The van der Waals surface area contributed by atoms with Gasteiger partial charge in [0.25, 0.3) is 0 Å². The number of nitriles is 1. The van der Waals surface area contributed by atoms with E-state index in [1.54, 1.807) is 6.07 Å². The summed E-state index contributed by atoms with van der Waals surface area (Å²) in [7, 11) is 0. The summed E-state index contributed by atoms with van der Waals surface area (Å²) in [6.45, 7) is 2.09. The normalized spacial score (nSPS) is 16.2. The highest BCUT2D eigenvalue weighted by Crippen LogP contribution is 2.36. The minimum Gasteiger partial charge on any atom is -0.207 e. The van der Waals surface area contributed by atoms with Crippen molar-refractivity contribution in [2.24, 2.45) is 0 Å². The van der Waals surface area contributed by atoms with Gasteiger partial charge >= 0.3 is 0 Å². The van der Waals surface area contributed by atoms with Crippen LogP contribution in [0.4, 0.5) is 13.2 Å². The van der Waals surface area contributed by atoms with Gasteiger partial charge in [0, 0.05) is 5.56 Å². The lowest BCUT2D eigenvalue weighted by atomic mass is 9.79. The SMILES string of the molecule is CCCCCc1cc(F)c(C2CCc3cc(C#N)c(F)cc3C2)c(F)c1. The highest BCUT2D eigenvalue weighted by Gasteiger charge is 2.27. The number of benzene rings is 2. The van der Waals surface area contributed by atoms with Crippen molar-refractivity contribution in [2.75, 3.05) is 0 Å². The fourth-order valence-corrected chi connectivity index (χ4v) is 3.86. The highest BCUT2D eigenvalue weighted by atomic mass is 19.1. The van der Waals surface area contributed by atoms with Gasteiger partial charge in [-0.2, -0.15) is 5.26 Å². The summed E-state index contributed by atoms with van der Waals surface area (Å²) in [5, 5.41) is 8.94. The van der Waals surface area contributed by atoms with Gasteiger partial charge < -0.3 is 0 Å². The van der Waals surface area contributed by atoms with Gasteiger partial charge in [-0.05, 0) is 79.0 Å². The second-order valence-corrected chi connectivity index (χ2v) is 7.08. The maximum absolute atomic E-state index is 14.6. The van der Waals surface area contributed by atoms with Crippen LogP contribution >= 0.6 is 0 Å². The summed E-state index contributed by atoms with van der Waals surface area (Å²) in [5.74, 6) is -1.88. The summed E-state index contributed by atoms with van der Waals surface area (Å²) in [6, 6.07) is 7.64. The van der Waals surface area contributed by atoms with E-state index in [4.69, 9.17) is 5.26 Å². The van der Waals surface area contributed by atoms with E-state index in [0.717, 1.165) is 30.4 Å². The number of fused-ring (bicyclic) bond motifs is 1. The van der Waals surface area contributed by atoms with Crippen LogP contribution in [0.5, 0.6) is 0 Å². The zero-order valence-electron chi connectivity index (χ0n) is 14.9. The number of hydrogen-bond acceptors (Lipinski definition) is 1. The van der Waals surface area contributed by atoms with Crippen molar-refractivity contribution in [3.05, 3.63) is 69.5 Å². The Balaban J connectivity index is 1.84. The van der Waals surface area contributed by atoms with Crippen LogP contribution in [0.25, 0.3) is 0 Å². The second-order valence-electron chi connectivity index (χ2n) is 7.08. The molecule has 0 fully saturated rings. The monoisotopic (exact) mass is 357 g/mol. The average molecular weight is 357 g/mol. The Morgan fingerprint density at radius 3 is 2.38 bits per heavy atom. The Morgan fingerprint density at radius 1 is 1.00 bits per heavy atom. The van der Waals surface area contributed by atoms with Crippen molar-refractivity contribution >= 4 is 0 Å². The molecule has 0 radical (unpaired) electrons. The lowest BCUT2D eigenvalue weighted by Crippen LogP contribution is -2.16. The summed E-state index contributed by atoms with van der Waals surface area (Å²) < 4.78 is 43.1. The molecular formula is C22H22F3N. The lowest BCUT2D eigenvalue weighted by Gasteiger charge is -2.26. The summed E-state index contributed by atoms with van der Waals surface area (Å²) >= 11 is 0. The number of hydrogen-bond donors (Lipinski definition) is 0. The van der Waals surface area contributed by atoms with Crippen molar-refractivity contribution < 1.29 is 13.2 Å². The van der Waals surface area contributed by atoms with Crippen LogP contribution in [0.15, 0.2) is 24.3 Å². The van der Waals surface area contributed by atoms with Gasteiger partial charge in [-0.15, -0.1) is 0 Å². The molecule has 3 rings (SSSR count).